The number of amides is 1. The molecule has 0 aliphatic rings. The van der Waals surface area contributed by atoms with Gasteiger partial charge in [0.15, 0.2) is 11.2 Å². The number of methoxy groups -OCH3 is 1. The van der Waals surface area contributed by atoms with Crippen LogP contribution in [0.2, 0.25) is 0 Å². The van der Waals surface area contributed by atoms with Crippen LogP contribution in [0.4, 0.5) is 8.78 Å². The van der Waals surface area contributed by atoms with Crippen molar-refractivity contribution in [3.8, 4) is 0 Å². The molecule has 3 rings (SSSR count). The molecule has 0 saturated heterocycles. The minimum atomic E-state index is -2.69. The molecule has 28 heavy (non-hydrogen) atoms. The molecule has 0 unspecified atom stereocenters. The van der Waals surface area contributed by atoms with Gasteiger partial charge in [0.1, 0.15) is 6.54 Å². The zero-order chi connectivity index (χ0) is 20.1. The summed E-state index contributed by atoms with van der Waals surface area (Å²) in [5, 5.41) is 2.56. The number of pyridine rings is 1. The second-order valence-electron chi connectivity index (χ2n) is 5.63. The van der Waals surface area contributed by atoms with Crippen LogP contribution in [-0.4, -0.2) is 39.3 Å². The van der Waals surface area contributed by atoms with Gasteiger partial charge in [0.2, 0.25) is 5.91 Å². The third kappa shape index (κ3) is 4.45. The van der Waals surface area contributed by atoms with Crippen LogP contribution in [-0.2, 0) is 20.9 Å². The number of benzene rings is 1. The van der Waals surface area contributed by atoms with Gasteiger partial charge >= 0.3 is 5.97 Å². The summed E-state index contributed by atoms with van der Waals surface area (Å²) in [7, 11) is 1.20. The SMILES string of the molecule is COC(=O)[C@H](NC(=O)Cn1c(SC(F)F)nc2ccccc21)c1ccccn1. The van der Waals surface area contributed by atoms with Gasteiger partial charge in [0, 0.05) is 6.20 Å². The Morgan fingerprint density at radius 3 is 2.64 bits per heavy atom. The number of esters is 1. The number of ether oxygens (including phenoxy) is 1. The van der Waals surface area contributed by atoms with E-state index < -0.39 is 23.7 Å². The van der Waals surface area contributed by atoms with Gasteiger partial charge in [0.05, 0.1) is 23.8 Å². The Kier molecular flexibility index (Phi) is 6.19. The third-order valence-electron chi connectivity index (χ3n) is 3.84. The normalized spacial score (nSPS) is 12.1. The van der Waals surface area contributed by atoms with Gasteiger partial charge in [-0.1, -0.05) is 18.2 Å². The number of imidazole rings is 1. The van der Waals surface area contributed by atoms with Crippen molar-refractivity contribution in [3.05, 3.63) is 54.4 Å². The molecular formula is C18H16F2N4O3S. The van der Waals surface area contributed by atoms with Crippen molar-refractivity contribution < 1.29 is 23.1 Å². The number of alkyl halides is 2. The van der Waals surface area contributed by atoms with Gasteiger partial charge < -0.3 is 14.6 Å². The molecule has 0 spiro atoms. The van der Waals surface area contributed by atoms with Crippen LogP contribution in [0.25, 0.3) is 11.0 Å². The molecule has 1 atom stereocenters. The van der Waals surface area contributed by atoms with E-state index in [1.54, 1.807) is 42.5 Å². The second kappa shape index (κ2) is 8.79. The van der Waals surface area contributed by atoms with Crippen LogP contribution >= 0.6 is 11.8 Å². The molecule has 0 radical (unpaired) electrons. The molecule has 0 fully saturated rings. The molecule has 1 amide bonds. The van der Waals surface area contributed by atoms with E-state index in [4.69, 9.17) is 4.74 Å². The number of nitrogens with one attached hydrogen (secondary N) is 1. The van der Waals surface area contributed by atoms with Crippen LogP contribution in [0.15, 0.2) is 53.8 Å². The number of carbonyl (C=O) groups is 2. The Morgan fingerprint density at radius 1 is 1.21 bits per heavy atom. The van der Waals surface area contributed by atoms with E-state index in [-0.39, 0.29) is 23.5 Å². The Labute approximate surface area is 163 Å². The van der Waals surface area contributed by atoms with Crippen LogP contribution in [0.1, 0.15) is 11.7 Å². The summed E-state index contributed by atoms with van der Waals surface area (Å²) in [6.45, 7) is -0.296. The van der Waals surface area contributed by atoms with Crippen LogP contribution in [0.3, 0.4) is 0 Å². The summed E-state index contributed by atoms with van der Waals surface area (Å²) in [5.41, 5.74) is 1.33. The predicted molar refractivity (Wildman–Crippen MR) is 98.7 cm³/mol. The fourth-order valence-corrected chi connectivity index (χ4v) is 3.24. The lowest BCUT2D eigenvalue weighted by Crippen LogP contribution is -2.37. The second-order valence-corrected chi connectivity index (χ2v) is 6.58. The summed E-state index contributed by atoms with van der Waals surface area (Å²) >= 11 is 0.253. The van der Waals surface area contributed by atoms with E-state index in [0.29, 0.717) is 16.7 Å². The molecule has 1 aromatic carbocycles. The lowest BCUT2D eigenvalue weighted by atomic mass is 10.2. The molecule has 2 aromatic heterocycles. The molecule has 0 aliphatic heterocycles. The van der Waals surface area contributed by atoms with Gasteiger partial charge in [-0.2, -0.15) is 8.78 Å². The fourth-order valence-electron chi connectivity index (χ4n) is 2.64. The van der Waals surface area contributed by atoms with Crippen LogP contribution < -0.4 is 5.32 Å². The maximum absolute atomic E-state index is 12.9. The minimum Gasteiger partial charge on any atom is -0.467 e. The molecule has 7 nitrogen and oxygen atoms in total. The molecule has 1 N–H and O–H groups in total. The standard InChI is InChI=1S/C18H16F2N4O3S/c1-27-16(26)15(12-7-4-5-9-21-12)23-14(25)10-24-13-8-3-2-6-11(13)22-18(24)28-17(19)20/h2-9,15,17H,10H2,1H3,(H,23,25)/t15-/m1/s1. The predicted octanol–water partition coefficient (Wildman–Crippen LogP) is 2.78. The molecular weight excluding hydrogens is 390 g/mol. The van der Waals surface area contributed by atoms with Crippen molar-refractivity contribution in [2.75, 3.05) is 7.11 Å². The van der Waals surface area contributed by atoms with Crippen molar-refractivity contribution >= 4 is 34.7 Å². The topological polar surface area (TPSA) is 86.1 Å². The molecule has 0 saturated carbocycles. The summed E-state index contributed by atoms with van der Waals surface area (Å²) < 4.78 is 31.9. The number of aromatic nitrogens is 3. The molecule has 146 valence electrons. The van der Waals surface area contributed by atoms with E-state index in [9.17, 15) is 18.4 Å². The van der Waals surface area contributed by atoms with E-state index >= 15 is 0 Å². The lowest BCUT2D eigenvalue weighted by Gasteiger charge is -2.17. The lowest BCUT2D eigenvalue weighted by molar-refractivity contribution is -0.145. The Hall–Kier alpha value is -3.01. The highest BCUT2D eigenvalue weighted by atomic mass is 32.2. The minimum absolute atomic E-state index is 0.0128. The number of para-hydroxylation sites is 2. The summed E-state index contributed by atoms with van der Waals surface area (Å²) in [6, 6.07) is 10.6. The Balaban J connectivity index is 1.86. The Morgan fingerprint density at radius 2 is 1.96 bits per heavy atom. The highest BCUT2D eigenvalue weighted by Gasteiger charge is 2.26. The number of hydrogen-bond acceptors (Lipinski definition) is 6. The first-order valence-electron chi connectivity index (χ1n) is 8.17. The van der Waals surface area contributed by atoms with Gasteiger partial charge in [-0.25, -0.2) is 9.78 Å². The molecule has 10 heteroatoms. The number of thioether (sulfide) groups is 1. The van der Waals surface area contributed by atoms with E-state index in [2.05, 4.69) is 15.3 Å². The quantitative estimate of drug-likeness (QED) is 0.480. The van der Waals surface area contributed by atoms with E-state index in [0.717, 1.165) is 0 Å². The smallest absolute Gasteiger partial charge is 0.334 e. The van der Waals surface area contributed by atoms with Gasteiger partial charge in [0.25, 0.3) is 5.76 Å². The summed E-state index contributed by atoms with van der Waals surface area (Å²) in [5.74, 6) is -3.94. The maximum atomic E-state index is 12.9. The van der Waals surface area contributed by atoms with Gasteiger partial charge in [-0.15, -0.1) is 0 Å². The Bertz CT molecular complexity index is 981. The number of carbonyl (C=O) groups excluding carboxylic acids is 2. The first-order chi connectivity index (χ1) is 13.5. The summed E-state index contributed by atoms with van der Waals surface area (Å²) in [4.78, 5) is 32.9. The van der Waals surface area contributed by atoms with E-state index in [1.165, 1.54) is 17.9 Å². The third-order valence-corrected chi connectivity index (χ3v) is 4.54. The highest BCUT2D eigenvalue weighted by molar-refractivity contribution is 7.99. The molecule has 0 aliphatic carbocycles. The largest absolute Gasteiger partial charge is 0.467 e. The summed E-state index contributed by atoms with van der Waals surface area (Å²) in [6.07, 6.45) is 1.48. The van der Waals surface area contributed by atoms with Crippen LogP contribution in [0, 0.1) is 0 Å². The number of halogens is 2. The highest BCUT2D eigenvalue weighted by Crippen LogP contribution is 2.28. The van der Waals surface area contributed by atoms with Crippen molar-refractivity contribution in [2.24, 2.45) is 0 Å². The van der Waals surface area contributed by atoms with Gasteiger partial charge in [-0.05, 0) is 36.0 Å². The number of hydrogen-bond donors (Lipinski definition) is 1. The average Bonchev–Trinajstić information content (AvgIpc) is 3.02. The molecule has 0 bridgehead atoms. The molecule has 3 aromatic rings. The van der Waals surface area contributed by atoms with Crippen molar-refractivity contribution in [2.45, 2.75) is 23.5 Å². The van der Waals surface area contributed by atoms with Crippen molar-refractivity contribution in [1.82, 2.24) is 19.9 Å². The average molecular weight is 406 g/mol. The first kappa shape index (κ1) is 19.7. The monoisotopic (exact) mass is 406 g/mol. The van der Waals surface area contributed by atoms with Crippen molar-refractivity contribution in [3.63, 3.8) is 0 Å². The first-order valence-corrected chi connectivity index (χ1v) is 9.05. The zero-order valence-corrected chi connectivity index (χ0v) is 15.5. The fraction of sp³-hybridized carbons (Fsp3) is 0.222. The van der Waals surface area contributed by atoms with Gasteiger partial charge in [-0.3, -0.25) is 9.78 Å². The van der Waals surface area contributed by atoms with E-state index in [1.807, 2.05) is 0 Å². The van der Waals surface area contributed by atoms with Crippen LogP contribution in [0.5, 0.6) is 0 Å². The number of rotatable bonds is 7. The number of nitrogens with zero attached hydrogens (tertiary/aromatic N) is 3. The maximum Gasteiger partial charge on any atom is 0.334 e. The number of fused-ring (bicyclic) bond motifs is 1. The van der Waals surface area contributed by atoms with Crippen molar-refractivity contribution in [1.29, 1.82) is 0 Å². The molecule has 2 heterocycles. The zero-order valence-electron chi connectivity index (χ0n) is 14.7.